The molecule has 1 amide bonds. The summed E-state index contributed by atoms with van der Waals surface area (Å²) >= 11 is 6.73. The fourth-order valence-electron chi connectivity index (χ4n) is 5.30. The molecular formula is C28H28N6O3S2. The average molecular weight is 561 g/mol. The number of amides is 1. The van der Waals surface area contributed by atoms with Crippen molar-refractivity contribution in [2.45, 2.75) is 33.1 Å². The van der Waals surface area contributed by atoms with Crippen LogP contribution in [0, 0.1) is 25.2 Å². The van der Waals surface area contributed by atoms with Crippen LogP contribution in [-0.2, 0) is 18.9 Å². The molecule has 2 aliphatic rings. The summed E-state index contributed by atoms with van der Waals surface area (Å²) in [5.74, 6) is 0.274. The van der Waals surface area contributed by atoms with Gasteiger partial charge in [0, 0.05) is 32.7 Å². The molecule has 2 saturated heterocycles. The number of rotatable bonds is 4. The molecule has 0 atom stereocenters. The third-order valence-corrected chi connectivity index (χ3v) is 8.74. The third kappa shape index (κ3) is 4.33. The van der Waals surface area contributed by atoms with Crippen molar-refractivity contribution in [1.82, 2.24) is 13.9 Å². The first-order valence-corrected chi connectivity index (χ1v) is 13.9. The van der Waals surface area contributed by atoms with E-state index in [4.69, 9.17) is 12.2 Å². The molecular weight excluding hydrogens is 532 g/mol. The monoisotopic (exact) mass is 560 g/mol. The second-order valence-corrected chi connectivity index (χ2v) is 11.4. The van der Waals surface area contributed by atoms with Crippen LogP contribution in [0.4, 0.5) is 11.5 Å². The van der Waals surface area contributed by atoms with E-state index in [1.807, 2.05) is 36.4 Å². The number of benzene rings is 1. The Hall–Kier alpha value is -3.88. The van der Waals surface area contributed by atoms with E-state index in [0.717, 1.165) is 44.1 Å². The van der Waals surface area contributed by atoms with Crippen molar-refractivity contribution in [3.63, 3.8) is 0 Å². The molecule has 0 N–H and O–H groups in total. The predicted molar refractivity (Wildman–Crippen MR) is 159 cm³/mol. The number of pyridine rings is 1. The Morgan fingerprint density at radius 3 is 2.31 bits per heavy atom. The number of carbonyl (C=O) groups excluding carboxylic acids is 1. The maximum absolute atomic E-state index is 13.8. The second kappa shape index (κ2) is 10.4. The van der Waals surface area contributed by atoms with Crippen molar-refractivity contribution >= 4 is 51.8 Å². The van der Waals surface area contributed by atoms with E-state index in [2.05, 4.69) is 4.90 Å². The van der Waals surface area contributed by atoms with Crippen molar-refractivity contribution in [2.75, 3.05) is 22.9 Å². The molecule has 0 spiro atoms. The number of hydrogen-bond donors (Lipinski definition) is 0. The smallest absolute Gasteiger partial charge is 0.296 e. The molecule has 1 aromatic carbocycles. The van der Waals surface area contributed by atoms with Gasteiger partial charge in [-0.25, -0.2) is 4.68 Å². The van der Waals surface area contributed by atoms with Crippen LogP contribution >= 0.6 is 24.0 Å². The highest BCUT2D eigenvalue weighted by Gasteiger charge is 2.38. The minimum absolute atomic E-state index is 0.0460. The number of anilines is 2. The van der Waals surface area contributed by atoms with Gasteiger partial charge < -0.3 is 4.90 Å². The Bertz CT molecular complexity index is 1700. The Kier molecular flexibility index (Phi) is 7.09. The summed E-state index contributed by atoms with van der Waals surface area (Å²) in [5, 5.41) is 9.74. The molecule has 2 aliphatic heterocycles. The number of thiocarbonyl (C=S) groups is 1. The first-order chi connectivity index (χ1) is 18.7. The first kappa shape index (κ1) is 26.7. The zero-order valence-corrected chi connectivity index (χ0v) is 23.9. The SMILES string of the molecule is Cc1c(/C=C2\SC(=S)N(c3c(C)n(C)n(-c4ccccc4)c3=O)C2=O)c(N2CCCCC2)n(C)c(=O)c1C#N. The average Bonchev–Trinajstić information content (AvgIpc) is 3.33. The van der Waals surface area contributed by atoms with Gasteiger partial charge in [-0.3, -0.25) is 28.5 Å². The Labute approximate surface area is 235 Å². The molecule has 0 saturated carbocycles. The molecule has 11 heteroatoms. The van der Waals surface area contributed by atoms with E-state index in [0.29, 0.717) is 33.2 Å². The minimum Gasteiger partial charge on any atom is -0.357 e. The molecule has 3 aromatic rings. The van der Waals surface area contributed by atoms with Crippen molar-refractivity contribution in [1.29, 1.82) is 5.26 Å². The van der Waals surface area contributed by atoms with Crippen LogP contribution < -0.4 is 20.9 Å². The molecule has 200 valence electrons. The number of piperidine rings is 1. The lowest BCUT2D eigenvalue weighted by molar-refractivity contribution is -0.113. The molecule has 9 nitrogen and oxygen atoms in total. The van der Waals surface area contributed by atoms with Crippen molar-refractivity contribution in [3.8, 4) is 11.8 Å². The standard InChI is InChI=1S/C28H28N6O3S2/c1-17-20(24(32-13-9-6-10-14-32)30(3)25(35)21(17)16-29)15-22-26(36)33(28(38)39-22)23-18(2)31(4)34(27(23)37)19-11-7-5-8-12-19/h5,7-8,11-12,15H,6,9-10,13-14H2,1-4H3/b22-15-. The zero-order chi connectivity index (χ0) is 28.0. The van der Waals surface area contributed by atoms with Gasteiger partial charge in [-0.2, -0.15) is 5.26 Å². The third-order valence-electron chi connectivity index (χ3n) is 7.44. The summed E-state index contributed by atoms with van der Waals surface area (Å²) in [6.07, 6.45) is 4.82. The van der Waals surface area contributed by atoms with Gasteiger partial charge >= 0.3 is 0 Å². The summed E-state index contributed by atoms with van der Waals surface area (Å²) in [7, 11) is 3.43. The summed E-state index contributed by atoms with van der Waals surface area (Å²) in [6.45, 7) is 5.08. The normalized spacial score (nSPS) is 16.8. The largest absolute Gasteiger partial charge is 0.357 e. The summed E-state index contributed by atoms with van der Waals surface area (Å²) in [4.78, 5) is 44.2. The molecule has 2 fully saturated rings. The van der Waals surface area contributed by atoms with Crippen LogP contribution in [-0.4, -0.2) is 37.2 Å². The molecule has 0 aliphatic carbocycles. The van der Waals surface area contributed by atoms with Crippen LogP contribution in [0.15, 0.2) is 44.8 Å². The van der Waals surface area contributed by atoms with Crippen molar-refractivity contribution in [3.05, 3.63) is 78.3 Å². The van der Waals surface area contributed by atoms with Gasteiger partial charge in [0.05, 0.1) is 16.3 Å². The Morgan fingerprint density at radius 2 is 1.67 bits per heavy atom. The fraction of sp³-hybridized carbons (Fsp3) is 0.321. The fourth-order valence-corrected chi connectivity index (χ4v) is 6.56. The molecule has 0 bridgehead atoms. The first-order valence-electron chi connectivity index (χ1n) is 12.7. The lowest BCUT2D eigenvalue weighted by Gasteiger charge is -2.32. The minimum atomic E-state index is -0.410. The van der Waals surface area contributed by atoms with Crippen LogP contribution in [0.1, 0.15) is 41.6 Å². The highest BCUT2D eigenvalue weighted by molar-refractivity contribution is 8.27. The number of nitriles is 1. The van der Waals surface area contributed by atoms with Gasteiger partial charge in [0.1, 0.15) is 23.1 Å². The highest BCUT2D eigenvalue weighted by atomic mass is 32.2. The second-order valence-electron chi connectivity index (χ2n) is 9.69. The zero-order valence-electron chi connectivity index (χ0n) is 22.2. The van der Waals surface area contributed by atoms with E-state index < -0.39 is 5.91 Å². The van der Waals surface area contributed by atoms with E-state index in [1.54, 1.807) is 38.7 Å². The predicted octanol–water partition coefficient (Wildman–Crippen LogP) is 3.76. The van der Waals surface area contributed by atoms with Crippen molar-refractivity contribution < 1.29 is 4.79 Å². The van der Waals surface area contributed by atoms with Crippen LogP contribution in [0.2, 0.25) is 0 Å². The Balaban J connectivity index is 1.64. The van der Waals surface area contributed by atoms with Gasteiger partial charge in [0.15, 0.2) is 4.32 Å². The number of aromatic nitrogens is 3. The van der Waals surface area contributed by atoms with Crippen LogP contribution in [0.25, 0.3) is 11.8 Å². The maximum atomic E-state index is 13.8. The van der Waals surface area contributed by atoms with Crippen LogP contribution in [0.5, 0.6) is 0 Å². The van der Waals surface area contributed by atoms with Gasteiger partial charge in [0.25, 0.3) is 17.0 Å². The quantitative estimate of drug-likeness (QED) is 0.354. The van der Waals surface area contributed by atoms with E-state index in [9.17, 15) is 19.6 Å². The number of thioether (sulfide) groups is 1. The number of hydrogen-bond acceptors (Lipinski definition) is 7. The number of carbonyl (C=O) groups is 1. The summed E-state index contributed by atoms with van der Waals surface area (Å²) in [6, 6.07) is 11.2. The molecule has 5 rings (SSSR count). The van der Waals surface area contributed by atoms with Gasteiger partial charge in [0.2, 0.25) is 0 Å². The highest BCUT2D eigenvalue weighted by Crippen LogP contribution is 2.38. The molecule has 39 heavy (non-hydrogen) atoms. The topological polar surface area (TPSA) is 96.3 Å². The van der Waals surface area contributed by atoms with E-state index in [-0.39, 0.29) is 26.7 Å². The molecule has 0 radical (unpaired) electrons. The van der Waals surface area contributed by atoms with Crippen LogP contribution in [0.3, 0.4) is 0 Å². The maximum Gasteiger partial charge on any atom is 0.296 e. The lowest BCUT2D eigenvalue weighted by Crippen LogP contribution is -2.36. The van der Waals surface area contributed by atoms with Gasteiger partial charge in [-0.1, -0.05) is 42.2 Å². The molecule has 2 aromatic heterocycles. The molecule has 0 unspecified atom stereocenters. The number of para-hydroxylation sites is 1. The molecule has 4 heterocycles. The van der Waals surface area contributed by atoms with Gasteiger partial charge in [-0.15, -0.1) is 0 Å². The van der Waals surface area contributed by atoms with Gasteiger partial charge in [-0.05, 0) is 56.9 Å². The summed E-state index contributed by atoms with van der Waals surface area (Å²) in [5.41, 5.74) is 1.98. The lowest BCUT2D eigenvalue weighted by atomic mass is 10.0. The Morgan fingerprint density at radius 1 is 1.00 bits per heavy atom. The van der Waals surface area contributed by atoms with E-state index >= 15 is 0 Å². The number of nitrogens with zero attached hydrogens (tertiary/aromatic N) is 6. The van der Waals surface area contributed by atoms with E-state index in [1.165, 1.54) is 14.1 Å². The summed E-state index contributed by atoms with van der Waals surface area (Å²) < 4.78 is 4.97. The van der Waals surface area contributed by atoms with Crippen molar-refractivity contribution in [2.24, 2.45) is 14.1 Å².